The highest BCUT2D eigenvalue weighted by molar-refractivity contribution is 7.92. The zero-order chi connectivity index (χ0) is 14.6. The molecule has 2 N–H and O–H groups in total. The lowest BCUT2D eigenvalue weighted by molar-refractivity contribution is 0.350. The van der Waals surface area contributed by atoms with Crippen LogP contribution in [0.2, 0.25) is 0 Å². The first-order valence-corrected chi connectivity index (χ1v) is 7.07. The molecule has 0 aliphatic heterocycles. The van der Waals surface area contributed by atoms with E-state index in [9.17, 15) is 8.42 Å². The Kier molecular flexibility index (Phi) is 4.02. The molecule has 0 saturated carbocycles. The quantitative estimate of drug-likeness (QED) is 0.774. The lowest BCUT2D eigenvalue weighted by atomic mass is 10.3. The summed E-state index contributed by atoms with van der Waals surface area (Å²) < 4.78 is 28.2. The van der Waals surface area contributed by atoms with Crippen molar-refractivity contribution in [2.75, 3.05) is 11.3 Å². The summed E-state index contributed by atoms with van der Waals surface area (Å²) in [5.74, 6) is 5.38. The summed E-state index contributed by atoms with van der Waals surface area (Å²) in [5.41, 5.74) is 0.409. The minimum Gasteiger partial charge on any atom is -0.384 e. The largest absolute Gasteiger partial charge is 0.384 e. The molecule has 7 nitrogen and oxygen atoms in total. The number of aliphatic hydroxyl groups is 1. The Hall–Kier alpha value is -2.37. The summed E-state index contributed by atoms with van der Waals surface area (Å²) in [6, 6.07) is 2.93. The summed E-state index contributed by atoms with van der Waals surface area (Å²) in [4.78, 5) is 3.82. The van der Waals surface area contributed by atoms with Gasteiger partial charge in [-0.3, -0.25) is 14.4 Å². The second-order valence-corrected chi connectivity index (χ2v) is 5.50. The van der Waals surface area contributed by atoms with Crippen LogP contribution in [-0.4, -0.2) is 34.9 Å². The van der Waals surface area contributed by atoms with E-state index in [2.05, 4.69) is 26.6 Å². The lowest BCUT2D eigenvalue weighted by Gasteiger charge is -2.07. The highest BCUT2D eigenvalue weighted by Crippen LogP contribution is 2.14. The van der Waals surface area contributed by atoms with Crippen LogP contribution in [0.4, 0.5) is 5.82 Å². The van der Waals surface area contributed by atoms with E-state index >= 15 is 0 Å². The Balaban J connectivity index is 2.32. The second-order valence-electron chi connectivity index (χ2n) is 3.81. The zero-order valence-electron chi connectivity index (χ0n) is 10.6. The molecule has 0 aliphatic rings. The predicted molar refractivity (Wildman–Crippen MR) is 72.2 cm³/mol. The van der Waals surface area contributed by atoms with Gasteiger partial charge in [-0.2, -0.15) is 5.10 Å². The van der Waals surface area contributed by atoms with Crippen LogP contribution in [0.3, 0.4) is 0 Å². The van der Waals surface area contributed by atoms with Crippen molar-refractivity contribution in [3.05, 3.63) is 36.3 Å². The predicted octanol–water partition coefficient (Wildman–Crippen LogP) is -0.0403. The van der Waals surface area contributed by atoms with Crippen molar-refractivity contribution in [3.63, 3.8) is 0 Å². The molecule has 0 spiro atoms. The van der Waals surface area contributed by atoms with E-state index in [1.807, 2.05) is 0 Å². The van der Waals surface area contributed by atoms with Crippen LogP contribution in [0.5, 0.6) is 0 Å². The van der Waals surface area contributed by atoms with Crippen molar-refractivity contribution in [3.8, 4) is 11.8 Å². The van der Waals surface area contributed by atoms with Crippen molar-refractivity contribution < 1.29 is 13.5 Å². The first kappa shape index (κ1) is 14.0. The Morgan fingerprint density at radius 3 is 2.90 bits per heavy atom. The zero-order valence-corrected chi connectivity index (χ0v) is 11.4. The number of rotatable bonds is 3. The van der Waals surface area contributed by atoms with E-state index < -0.39 is 10.0 Å². The SMILES string of the molecule is Cn1nccc1NS(=O)(=O)c1cncc(C#CCO)c1. The van der Waals surface area contributed by atoms with Crippen LogP contribution in [0.15, 0.2) is 35.6 Å². The van der Waals surface area contributed by atoms with E-state index in [0.29, 0.717) is 11.4 Å². The van der Waals surface area contributed by atoms with E-state index in [1.165, 1.54) is 29.3 Å². The second kappa shape index (κ2) is 5.73. The number of sulfonamides is 1. The molecule has 2 rings (SSSR count). The van der Waals surface area contributed by atoms with Gasteiger partial charge in [-0.25, -0.2) is 8.42 Å². The van der Waals surface area contributed by atoms with Gasteiger partial charge in [0.15, 0.2) is 0 Å². The van der Waals surface area contributed by atoms with Gasteiger partial charge in [-0.1, -0.05) is 11.8 Å². The van der Waals surface area contributed by atoms with E-state index in [-0.39, 0.29) is 11.5 Å². The van der Waals surface area contributed by atoms with Gasteiger partial charge in [0, 0.05) is 31.1 Å². The number of aliphatic hydroxyl groups excluding tert-OH is 1. The molecular weight excluding hydrogens is 280 g/mol. The highest BCUT2D eigenvalue weighted by atomic mass is 32.2. The smallest absolute Gasteiger partial charge is 0.264 e. The molecule has 2 aromatic heterocycles. The maximum Gasteiger partial charge on any atom is 0.264 e. The average molecular weight is 292 g/mol. The van der Waals surface area contributed by atoms with E-state index in [4.69, 9.17) is 5.11 Å². The first-order valence-electron chi connectivity index (χ1n) is 5.58. The summed E-state index contributed by atoms with van der Waals surface area (Å²) in [7, 11) is -2.13. The van der Waals surface area contributed by atoms with Crippen LogP contribution in [-0.2, 0) is 17.1 Å². The third kappa shape index (κ3) is 3.14. The normalized spacial score (nSPS) is 10.7. The Morgan fingerprint density at radius 1 is 1.45 bits per heavy atom. The third-order valence-corrected chi connectivity index (χ3v) is 3.72. The molecule has 20 heavy (non-hydrogen) atoms. The van der Waals surface area contributed by atoms with Gasteiger partial charge in [0.25, 0.3) is 10.0 Å². The highest BCUT2D eigenvalue weighted by Gasteiger charge is 2.16. The Bertz CT molecular complexity index is 771. The van der Waals surface area contributed by atoms with E-state index in [1.54, 1.807) is 13.1 Å². The minimum absolute atomic E-state index is 0.0107. The van der Waals surface area contributed by atoms with Crippen molar-refractivity contribution in [1.82, 2.24) is 14.8 Å². The standard InChI is InChI=1S/C12H12N4O3S/c1-16-12(4-5-14-16)15-20(18,19)11-7-10(3-2-6-17)8-13-9-11/h4-5,7-9,15,17H,6H2,1H3. The molecule has 0 aliphatic carbocycles. The fourth-order valence-corrected chi connectivity index (χ4v) is 2.52. The summed E-state index contributed by atoms with van der Waals surface area (Å²) >= 11 is 0. The fourth-order valence-electron chi connectivity index (χ4n) is 1.45. The topological polar surface area (TPSA) is 97.1 Å². The monoisotopic (exact) mass is 292 g/mol. The molecule has 0 bridgehead atoms. The molecule has 0 radical (unpaired) electrons. The molecule has 2 heterocycles. The van der Waals surface area contributed by atoms with Crippen LogP contribution >= 0.6 is 0 Å². The molecule has 0 atom stereocenters. The number of nitrogens with one attached hydrogen (secondary N) is 1. The van der Waals surface area contributed by atoms with Gasteiger partial charge in [0.2, 0.25) is 0 Å². The summed E-state index contributed by atoms with van der Waals surface area (Å²) in [6.45, 7) is -0.301. The maximum atomic E-state index is 12.2. The molecule has 0 amide bonds. The molecule has 104 valence electrons. The minimum atomic E-state index is -3.76. The first-order chi connectivity index (χ1) is 9.53. The van der Waals surface area contributed by atoms with Gasteiger partial charge in [0.05, 0.1) is 6.20 Å². The van der Waals surface area contributed by atoms with Gasteiger partial charge in [0.1, 0.15) is 17.3 Å². The molecule has 2 aromatic rings. The molecule has 0 unspecified atom stereocenters. The number of anilines is 1. The molecular formula is C12H12N4O3S. The van der Waals surface area contributed by atoms with Crippen molar-refractivity contribution in [2.24, 2.45) is 7.05 Å². The van der Waals surface area contributed by atoms with E-state index in [0.717, 1.165) is 0 Å². The average Bonchev–Trinajstić information content (AvgIpc) is 2.82. The number of pyridine rings is 1. The van der Waals surface area contributed by atoms with Crippen LogP contribution in [0.1, 0.15) is 5.56 Å². The van der Waals surface area contributed by atoms with Gasteiger partial charge < -0.3 is 5.11 Å². The molecule has 0 fully saturated rings. The Morgan fingerprint density at radius 2 is 2.25 bits per heavy atom. The van der Waals surface area contributed by atoms with Crippen LogP contribution < -0.4 is 4.72 Å². The van der Waals surface area contributed by atoms with Crippen molar-refractivity contribution >= 4 is 15.8 Å². The Labute approximate surface area is 116 Å². The number of aromatic nitrogens is 3. The number of aryl methyl sites for hydroxylation is 1. The van der Waals surface area contributed by atoms with Crippen LogP contribution in [0.25, 0.3) is 0 Å². The van der Waals surface area contributed by atoms with Crippen molar-refractivity contribution in [2.45, 2.75) is 4.90 Å². The fraction of sp³-hybridized carbons (Fsp3) is 0.167. The molecule has 0 aromatic carbocycles. The maximum absolute atomic E-state index is 12.2. The molecule has 0 saturated heterocycles. The van der Waals surface area contributed by atoms with Crippen LogP contribution in [0, 0.1) is 11.8 Å². The lowest BCUT2D eigenvalue weighted by Crippen LogP contribution is -2.15. The number of hydrogen-bond donors (Lipinski definition) is 2. The van der Waals surface area contributed by atoms with Gasteiger partial charge in [-0.05, 0) is 6.07 Å². The van der Waals surface area contributed by atoms with Gasteiger partial charge in [-0.15, -0.1) is 0 Å². The van der Waals surface area contributed by atoms with Gasteiger partial charge >= 0.3 is 0 Å². The molecule has 8 heteroatoms. The number of hydrogen-bond acceptors (Lipinski definition) is 5. The third-order valence-electron chi connectivity index (χ3n) is 2.40. The van der Waals surface area contributed by atoms with Crippen molar-refractivity contribution in [1.29, 1.82) is 0 Å². The summed E-state index contributed by atoms with van der Waals surface area (Å²) in [6.07, 6.45) is 4.13. The summed E-state index contributed by atoms with van der Waals surface area (Å²) in [5, 5.41) is 12.5. The number of nitrogens with zero attached hydrogens (tertiary/aromatic N) is 3.